The number of carbonyl (C=O) groups excluding carboxylic acids is 1. The third kappa shape index (κ3) is 69.8. The highest BCUT2D eigenvalue weighted by Gasteiger charge is 2.23. The molecule has 0 aromatic rings. The third-order valence-electron chi connectivity index (χ3n) is 15.5. The van der Waals surface area contributed by atoms with E-state index in [9.17, 15) is 19.4 Å². The topological polar surface area (TPSA) is 108 Å². The molecule has 8 nitrogen and oxygen atoms in total. The molecule has 9 heteroatoms. The minimum atomic E-state index is -4.63. The number of phosphoric ester groups is 1. The number of hydrogen-bond acceptors (Lipinski definition) is 6. The van der Waals surface area contributed by atoms with E-state index in [1.54, 1.807) is 6.08 Å². The summed E-state index contributed by atoms with van der Waals surface area (Å²) in [5.41, 5.74) is 0. The SMILES string of the molecule is CC/C=C\C/C=C\C/C=C\C/C=C\C/C=C\C/C=C\C/C=C\C/C=C\C/C=C\CCCCCCCCCCCCCC(=O)NC(COP(=O)([O-])OCC[N+](C)(C)C)C(O)/C=C/CC/C=C/CC/C=C/CCCCCCCCCCCCCCCCCCC. The van der Waals surface area contributed by atoms with E-state index in [2.05, 4.69) is 153 Å². The van der Waals surface area contributed by atoms with Crippen LogP contribution in [-0.4, -0.2) is 68.5 Å². The van der Waals surface area contributed by atoms with Gasteiger partial charge in [-0.1, -0.05) is 320 Å². The lowest BCUT2D eigenvalue weighted by Crippen LogP contribution is -2.45. The smallest absolute Gasteiger partial charge is 0.268 e. The number of unbranched alkanes of at least 4 members (excludes halogenated alkanes) is 30. The fraction of sp³-hybridized carbons (Fsp3) is 0.684. The van der Waals surface area contributed by atoms with Crippen molar-refractivity contribution in [1.29, 1.82) is 0 Å². The Morgan fingerprint density at radius 3 is 1.06 bits per heavy atom. The summed E-state index contributed by atoms with van der Waals surface area (Å²) in [6.45, 7) is 4.52. The summed E-state index contributed by atoms with van der Waals surface area (Å²) in [6.07, 6.45) is 104. The van der Waals surface area contributed by atoms with Crippen molar-refractivity contribution in [2.24, 2.45) is 0 Å². The number of aliphatic hydroxyl groups excluding tert-OH is 1. The van der Waals surface area contributed by atoms with Crippen LogP contribution in [0, 0.1) is 0 Å². The molecule has 0 spiro atoms. The van der Waals surface area contributed by atoms with Crippen molar-refractivity contribution in [3.05, 3.63) is 146 Å². The fourth-order valence-corrected chi connectivity index (χ4v) is 10.7. The zero-order valence-electron chi connectivity index (χ0n) is 57.6. The second kappa shape index (κ2) is 67.8. The third-order valence-corrected chi connectivity index (χ3v) is 16.5. The summed E-state index contributed by atoms with van der Waals surface area (Å²) in [6, 6.07) is -0.923. The van der Waals surface area contributed by atoms with Crippen molar-refractivity contribution in [2.45, 2.75) is 309 Å². The van der Waals surface area contributed by atoms with Crippen LogP contribution in [0.1, 0.15) is 296 Å². The summed E-state index contributed by atoms with van der Waals surface area (Å²) in [7, 11) is 1.22. The molecule has 0 fully saturated rings. The molecule has 0 rings (SSSR count). The average molecular weight is 1240 g/mol. The number of quaternary nitrogens is 1. The van der Waals surface area contributed by atoms with Crippen LogP contribution in [-0.2, 0) is 18.4 Å². The molecule has 0 aliphatic rings. The van der Waals surface area contributed by atoms with Crippen LogP contribution in [0.3, 0.4) is 0 Å². The van der Waals surface area contributed by atoms with Gasteiger partial charge in [-0.3, -0.25) is 9.36 Å². The Morgan fingerprint density at radius 2 is 0.705 bits per heavy atom. The summed E-state index contributed by atoms with van der Waals surface area (Å²) < 4.78 is 23.4. The molecule has 0 aromatic carbocycles. The summed E-state index contributed by atoms with van der Waals surface area (Å²) in [4.78, 5) is 25.6. The first kappa shape index (κ1) is 84.4. The number of amides is 1. The van der Waals surface area contributed by atoms with Gasteiger partial charge in [0.1, 0.15) is 13.2 Å². The van der Waals surface area contributed by atoms with E-state index in [1.165, 1.54) is 167 Å². The van der Waals surface area contributed by atoms with Crippen molar-refractivity contribution in [3.8, 4) is 0 Å². The van der Waals surface area contributed by atoms with Gasteiger partial charge in [0.2, 0.25) is 5.91 Å². The van der Waals surface area contributed by atoms with Crippen LogP contribution in [0.2, 0.25) is 0 Å². The molecule has 0 aliphatic heterocycles. The van der Waals surface area contributed by atoms with Crippen molar-refractivity contribution in [1.82, 2.24) is 5.32 Å². The van der Waals surface area contributed by atoms with Gasteiger partial charge in [0.25, 0.3) is 7.82 Å². The van der Waals surface area contributed by atoms with E-state index >= 15 is 0 Å². The number of phosphoric acid groups is 1. The second-order valence-electron chi connectivity index (χ2n) is 25.2. The highest BCUT2D eigenvalue weighted by atomic mass is 31.2. The molecule has 504 valence electrons. The fourth-order valence-electron chi connectivity index (χ4n) is 9.94. The van der Waals surface area contributed by atoms with Gasteiger partial charge in [-0.2, -0.15) is 0 Å². The van der Waals surface area contributed by atoms with E-state index < -0.39 is 26.6 Å². The van der Waals surface area contributed by atoms with Crippen molar-refractivity contribution >= 4 is 13.7 Å². The Balaban J connectivity index is 4.16. The zero-order valence-corrected chi connectivity index (χ0v) is 58.5. The molecule has 0 bridgehead atoms. The van der Waals surface area contributed by atoms with Crippen LogP contribution in [0.25, 0.3) is 0 Å². The highest BCUT2D eigenvalue weighted by molar-refractivity contribution is 7.45. The van der Waals surface area contributed by atoms with E-state index in [-0.39, 0.29) is 12.5 Å². The molecular formula is C79H137N2O6P. The maximum atomic E-state index is 13.0. The maximum absolute atomic E-state index is 13.0. The Hall–Kier alpha value is -3.62. The van der Waals surface area contributed by atoms with E-state index in [0.29, 0.717) is 17.4 Å². The number of nitrogens with one attached hydrogen (secondary N) is 1. The van der Waals surface area contributed by atoms with Gasteiger partial charge in [0.05, 0.1) is 39.9 Å². The lowest BCUT2D eigenvalue weighted by atomic mass is 10.0. The lowest BCUT2D eigenvalue weighted by Gasteiger charge is -2.29. The Bertz CT molecular complexity index is 1950. The summed E-state index contributed by atoms with van der Waals surface area (Å²) in [5.74, 6) is -0.218. The number of carbonyl (C=O) groups is 1. The molecule has 3 atom stereocenters. The van der Waals surface area contributed by atoms with Gasteiger partial charge in [-0.05, 0) is 116 Å². The molecule has 0 saturated carbocycles. The number of rotatable bonds is 65. The minimum Gasteiger partial charge on any atom is -0.756 e. The van der Waals surface area contributed by atoms with Gasteiger partial charge in [-0.15, -0.1) is 0 Å². The Labute approximate surface area is 544 Å². The molecule has 0 aliphatic carbocycles. The number of allylic oxidation sites excluding steroid dienone is 23. The monoisotopic (exact) mass is 1240 g/mol. The van der Waals surface area contributed by atoms with Crippen LogP contribution in [0.4, 0.5) is 0 Å². The molecule has 1 amide bonds. The van der Waals surface area contributed by atoms with Gasteiger partial charge in [0, 0.05) is 6.42 Å². The van der Waals surface area contributed by atoms with Crippen LogP contribution in [0.5, 0.6) is 0 Å². The number of aliphatic hydroxyl groups is 1. The molecule has 0 heterocycles. The predicted octanol–water partition coefficient (Wildman–Crippen LogP) is 22.9. The molecular weight excluding hydrogens is 1100 g/mol. The minimum absolute atomic E-state index is 0.0159. The van der Waals surface area contributed by atoms with Crippen LogP contribution >= 0.6 is 7.82 Å². The molecule has 0 radical (unpaired) electrons. The molecule has 3 unspecified atom stereocenters. The Kier molecular flexibility index (Phi) is 65.0. The first-order valence-electron chi connectivity index (χ1n) is 36.2. The average Bonchev–Trinajstić information content (AvgIpc) is 3.70. The standard InChI is InChI=1S/C79H137N2O6P/c1-6-8-10-12-14-16-18-20-22-24-26-28-30-32-34-35-36-37-38-39-40-41-42-43-44-45-47-49-51-53-55-57-59-61-63-65-67-69-71-73-79(83)80-77(76-87-88(84,85)86-75-74-81(3,4)5)78(82)72-70-68-66-64-62-60-58-56-54-52-50-48-46-33-31-29-27-25-23-21-19-17-15-13-11-9-7-2/h8,10,14,16,20,22,26,28,32,34,36-37,39-40,42-43,45,47,54,56,62,64,70,72,77-78,82H,6-7,9,11-13,15,17-19,21,23-25,27,29-31,33,35,38,41,44,46,48-53,55,57-61,63,65-69,71,73-76H2,1-5H3,(H-,80,83,84,85)/b10-8-,16-14-,22-20-,28-26-,34-32-,37-36-,40-39-,43-42-,47-45-,56-54+,64-62+,72-70+. The van der Waals surface area contributed by atoms with E-state index in [0.717, 1.165) is 109 Å². The van der Waals surface area contributed by atoms with Crippen LogP contribution < -0.4 is 10.2 Å². The van der Waals surface area contributed by atoms with Gasteiger partial charge >= 0.3 is 0 Å². The van der Waals surface area contributed by atoms with Crippen molar-refractivity contribution < 1.29 is 32.9 Å². The van der Waals surface area contributed by atoms with E-state index in [4.69, 9.17) is 9.05 Å². The lowest BCUT2D eigenvalue weighted by molar-refractivity contribution is -0.870. The Morgan fingerprint density at radius 1 is 0.409 bits per heavy atom. The number of hydrogen-bond donors (Lipinski definition) is 2. The highest BCUT2D eigenvalue weighted by Crippen LogP contribution is 2.38. The summed E-state index contributed by atoms with van der Waals surface area (Å²) >= 11 is 0. The number of likely N-dealkylation sites (N-methyl/N-ethyl adjacent to an activating group) is 1. The first-order chi connectivity index (χ1) is 43.0. The van der Waals surface area contributed by atoms with Gasteiger partial charge < -0.3 is 28.8 Å². The van der Waals surface area contributed by atoms with Gasteiger partial charge in [-0.25, -0.2) is 0 Å². The first-order valence-corrected chi connectivity index (χ1v) is 37.7. The zero-order chi connectivity index (χ0) is 64.1. The predicted molar refractivity (Wildman–Crippen MR) is 385 cm³/mol. The van der Waals surface area contributed by atoms with E-state index in [1.807, 2.05) is 27.2 Å². The molecule has 0 saturated heterocycles. The van der Waals surface area contributed by atoms with Crippen molar-refractivity contribution in [3.63, 3.8) is 0 Å². The van der Waals surface area contributed by atoms with Gasteiger partial charge in [0.15, 0.2) is 0 Å². The molecule has 2 N–H and O–H groups in total. The van der Waals surface area contributed by atoms with Crippen molar-refractivity contribution in [2.75, 3.05) is 40.9 Å². The molecule has 88 heavy (non-hydrogen) atoms. The van der Waals surface area contributed by atoms with Crippen LogP contribution in [0.15, 0.2) is 146 Å². The number of nitrogens with zero attached hydrogens (tertiary/aromatic N) is 1. The summed E-state index contributed by atoms with van der Waals surface area (Å²) in [5, 5.41) is 13.9. The second-order valence-corrected chi connectivity index (χ2v) is 26.6. The largest absolute Gasteiger partial charge is 0.756 e. The molecule has 0 aromatic heterocycles. The quantitative estimate of drug-likeness (QED) is 0.0272. The maximum Gasteiger partial charge on any atom is 0.268 e. The normalized spacial score (nSPS) is 14.5.